The lowest BCUT2D eigenvalue weighted by molar-refractivity contribution is -0.116. The Morgan fingerprint density at radius 2 is 1.88 bits per heavy atom. The quantitative estimate of drug-likeness (QED) is 0.615. The third kappa shape index (κ3) is 4.59. The molecule has 0 fully saturated rings. The first-order chi connectivity index (χ1) is 16.4. The Kier molecular flexibility index (Phi) is 6.54. The van der Waals surface area contributed by atoms with E-state index in [0.717, 1.165) is 27.8 Å². The first-order valence-electron chi connectivity index (χ1n) is 10.6. The molecule has 1 amide bonds. The van der Waals surface area contributed by atoms with Crippen molar-refractivity contribution in [3.8, 4) is 0 Å². The average molecular weight is 458 g/mol. The summed E-state index contributed by atoms with van der Waals surface area (Å²) in [7, 11) is 3.00. The van der Waals surface area contributed by atoms with Crippen LogP contribution in [0.5, 0.6) is 0 Å². The highest BCUT2D eigenvalue weighted by molar-refractivity contribution is 6.11. The third-order valence-electron chi connectivity index (χ3n) is 5.67. The molecule has 4 rings (SSSR count). The van der Waals surface area contributed by atoms with Crippen molar-refractivity contribution in [2.75, 3.05) is 14.2 Å². The molecular weight excluding hydrogens is 433 g/mol. The molecular formula is C27H24FN3O3. The summed E-state index contributed by atoms with van der Waals surface area (Å²) < 4.78 is 24.8. The van der Waals surface area contributed by atoms with Gasteiger partial charge in [0.05, 0.1) is 14.2 Å². The summed E-state index contributed by atoms with van der Waals surface area (Å²) >= 11 is 0. The smallest absolute Gasteiger partial charge is 0.244 e. The molecule has 0 radical (unpaired) electrons. The summed E-state index contributed by atoms with van der Waals surface area (Å²) in [5.41, 5.74) is 5.61. The number of nitrogens with one attached hydrogen (secondary N) is 2. The molecule has 0 spiro atoms. The number of halogens is 1. The van der Waals surface area contributed by atoms with Gasteiger partial charge in [-0.15, -0.1) is 0 Å². The molecule has 0 bridgehead atoms. The van der Waals surface area contributed by atoms with Crippen LogP contribution in [0.2, 0.25) is 0 Å². The molecule has 1 aromatic carbocycles. The standard InChI is InChI=1S/C27H24FN3O3/c1-16-21(9-18-10-24(33-2)27(29)25(11-18)34-3)20-7-6-19(28)12-23(20)22(16)13-26(32)31-15-17-5-4-8-30-14-17/h4-14,29H,15H2,1-3H3,(H,31,32). The number of benzene rings is 1. The minimum atomic E-state index is -0.378. The number of aromatic nitrogens is 1. The first kappa shape index (κ1) is 22.9. The maximum Gasteiger partial charge on any atom is 0.244 e. The van der Waals surface area contributed by atoms with Gasteiger partial charge in [-0.3, -0.25) is 15.2 Å². The molecule has 0 unspecified atom stereocenters. The van der Waals surface area contributed by atoms with Crippen molar-refractivity contribution >= 4 is 22.8 Å². The van der Waals surface area contributed by atoms with Crippen molar-refractivity contribution < 1.29 is 18.7 Å². The number of methoxy groups -OCH3 is 2. The molecule has 2 aromatic rings. The van der Waals surface area contributed by atoms with Crippen LogP contribution in [-0.4, -0.2) is 30.8 Å². The van der Waals surface area contributed by atoms with Crippen LogP contribution in [0.15, 0.2) is 89.7 Å². The lowest BCUT2D eigenvalue weighted by atomic mass is 9.98. The van der Waals surface area contributed by atoms with Crippen molar-refractivity contribution in [1.29, 1.82) is 5.41 Å². The lowest BCUT2D eigenvalue weighted by Crippen LogP contribution is -2.20. The second kappa shape index (κ2) is 9.70. The van der Waals surface area contributed by atoms with E-state index in [0.29, 0.717) is 29.2 Å². The van der Waals surface area contributed by atoms with E-state index in [2.05, 4.69) is 10.3 Å². The minimum absolute atomic E-state index is 0.160. The Morgan fingerprint density at radius 1 is 1.15 bits per heavy atom. The summed E-state index contributed by atoms with van der Waals surface area (Å²) in [5, 5.41) is 11.0. The second-order valence-electron chi connectivity index (χ2n) is 7.81. The molecule has 34 heavy (non-hydrogen) atoms. The molecule has 1 aromatic heterocycles. The number of amides is 1. The van der Waals surface area contributed by atoms with Crippen LogP contribution in [0.3, 0.4) is 0 Å². The number of carbonyl (C=O) groups excluding carboxylic acids is 1. The van der Waals surface area contributed by atoms with Gasteiger partial charge in [-0.25, -0.2) is 4.39 Å². The zero-order valence-electron chi connectivity index (χ0n) is 19.1. The second-order valence-corrected chi connectivity index (χ2v) is 7.81. The van der Waals surface area contributed by atoms with Gasteiger partial charge in [0.15, 0.2) is 0 Å². The number of rotatable bonds is 6. The van der Waals surface area contributed by atoms with E-state index in [1.165, 1.54) is 32.4 Å². The Hall–Kier alpha value is -4.26. The maximum atomic E-state index is 14.1. The van der Waals surface area contributed by atoms with Crippen LogP contribution >= 0.6 is 0 Å². The summed E-state index contributed by atoms with van der Waals surface area (Å²) in [4.78, 5) is 16.7. The number of nitrogens with zero attached hydrogens (tertiary/aromatic N) is 1. The summed E-state index contributed by atoms with van der Waals surface area (Å²) in [5.74, 6) is 0.103. The number of ether oxygens (including phenoxy) is 2. The highest BCUT2D eigenvalue weighted by Crippen LogP contribution is 2.43. The van der Waals surface area contributed by atoms with Gasteiger partial charge in [-0.2, -0.15) is 0 Å². The summed E-state index contributed by atoms with van der Waals surface area (Å²) in [6.45, 7) is 2.24. The topological polar surface area (TPSA) is 84.3 Å². The van der Waals surface area contributed by atoms with Gasteiger partial charge < -0.3 is 14.8 Å². The van der Waals surface area contributed by atoms with E-state index >= 15 is 0 Å². The fourth-order valence-corrected chi connectivity index (χ4v) is 3.95. The molecule has 0 saturated carbocycles. The van der Waals surface area contributed by atoms with Gasteiger partial charge in [0.25, 0.3) is 0 Å². The zero-order chi connectivity index (χ0) is 24.2. The maximum absolute atomic E-state index is 14.1. The largest absolute Gasteiger partial charge is 0.494 e. The van der Waals surface area contributed by atoms with Crippen LogP contribution in [0.25, 0.3) is 11.1 Å². The summed E-state index contributed by atoms with van der Waals surface area (Å²) in [6, 6.07) is 8.24. The van der Waals surface area contributed by atoms with Crippen molar-refractivity contribution in [3.05, 3.63) is 112 Å². The van der Waals surface area contributed by atoms with E-state index in [4.69, 9.17) is 14.9 Å². The minimum Gasteiger partial charge on any atom is -0.494 e. The Balaban J connectivity index is 1.72. The fraction of sp³-hybridized carbons (Fsp3) is 0.148. The molecule has 0 atom stereocenters. The van der Waals surface area contributed by atoms with Crippen molar-refractivity contribution in [3.63, 3.8) is 0 Å². The van der Waals surface area contributed by atoms with Gasteiger partial charge in [0, 0.05) is 25.0 Å². The van der Waals surface area contributed by atoms with Crippen molar-refractivity contribution in [1.82, 2.24) is 10.3 Å². The Bertz CT molecular complexity index is 1290. The van der Waals surface area contributed by atoms with Crippen LogP contribution < -0.4 is 5.32 Å². The number of carbonyl (C=O) groups is 1. The molecule has 6 nitrogen and oxygen atoms in total. The highest BCUT2D eigenvalue weighted by Gasteiger charge is 2.25. The zero-order valence-corrected chi connectivity index (χ0v) is 19.1. The first-order valence-corrected chi connectivity index (χ1v) is 10.6. The number of pyridine rings is 1. The van der Waals surface area contributed by atoms with Gasteiger partial charge in [-0.05, 0) is 82.3 Å². The van der Waals surface area contributed by atoms with Crippen molar-refractivity contribution in [2.24, 2.45) is 0 Å². The Morgan fingerprint density at radius 3 is 2.53 bits per heavy atom. The third-order valence-corrected chi connectivity index (χ3v) is 5.67. The highest BCUT2D eigenvalue weighted by atomic mass is 19.1. The van der Waals surface area contributed by atoms with E-state index in [9.17, 15) is 9.18 Å². The number of allylic oxidation sites excluding steroid dienone is 7. The molecule has 7 heteroatoms. The van der Waals surface area contributed by atoms with E-state index in [-0.39, 0.29) is 17.4 Å². The predicted octanol–water partition coefficient (Wildman–Crippen LogP) is 4.73. The molecule has 2 N–H and O–H groups in total. The molecule has 0 saturated heterocycles. The number of hydrogen-bond acceptors (Lipinski definition) is 5. The van der Waals surface area contributed by atoms with Gasteiger partial charge in [0.2, 0.25) is 5.91 Å². The van der Waals surface area contributed by atoms with E-state index < -0.39 is 0 Å². The molecule has 2 aliphatic carbocycles. The normalized spacial score (nSPS) is 16.2. The van der Waals surface area contributed by atoms with Gasteiger partial charge >= 0.3 is 0 Å². The van der Waals surface area contributed by atoms with E-state index in [1.807, 2.05) is 25.1 Å². The molecule has 172 valence electrons. The van der Waals surface area contributed by atoms with Crippen molar-refractivity contribution in [2.45, 2.75) is 13.5 Å². The van der Waals surface area contributed by atoms with Crippen LogP contribution in [0.4, 0.5) is 4.39 Å². The van der Waals surface area contributed by atoms with Crippen LogP contribution in [-0.2, 0) is 20.8 Å². The lowest BCUT2D eigenvalue weighted by Gasteiger charge is -2.16. The summed E-state index contributed by atoms with van der Waals surface area (Å²) in [6.07, 6.45) is 10.3. The number of fused-ring (bicyclic) bond motifs is 1. The Labute approximate surface area is 197 Å². The van der Waals surface area contributed by atoms with Crippen LogP contribution in [0.1, 0.15) is 23.6 Å². The molecule has 0 aliphatic heterocycles. The predicted molar refractivity (Wildman–Crippen MR) is 129 cm³/mol. The fourth-order valence-electron chi connectivity index (χ4n) is 3.95. The average Bonchev–Trinajstić information content (AvgIpc) is 3.09. The molecule has 2 aliphatic rings. The number of hydrogen-bond donors (Lipinski definition) is 2. The van der Waals surface area contributed by atoms with E-state index in [1.54, 1.807) is 30.6 Å². The van der Waals surface area contributed by atoms with Crippen LogP contribution in [0, 0.1) is 11.2 Å². The SMILES string of the molecule is COC1=CC(=CC2=C(C)C(=CC(=O)NCc3cccnc3)c3cc(F)ccc32)C=C(OC)C1=N. The molecule has 1 heterocycles. The van der Waals surface area contributed by atoms with Gasteiger partial charge in [0.1, 0.15) is 23.0 Å². The van der Waals surface area contributed by atoms with Gasteiger partial charge in [-0.1, -0.05) is 12.1 Å². The monoisotopic (exact) mass is 457 g/mol.